The van der Waals surface area contributed by atoms with Gasteiger partial charge in [0.2, 0.25) is 0 Å². The standard InChI is InChI=1S/CHO.2CH3.2V/c1-2;;;;/h1H;2*1H3;;/q3*-1;;+2. The fourth-order valence-electron chi connectivity index (χ4n) is 0. The molecule has 3 heteroatoms. The zero-order valence-corrected chi connectivity index (χ0v) is 6.67. The molecule has 0 heterocycles. The molecule has 0 saturated heterocycles. The van der Waals surface area contributed by atoms with Crippen LogP contribution in [0.1, 0.15) is 0 Å². The molecule has 0 bridgehead atoms. The maximum absolute atomic E-state index is 7.75. The molecule has 0 amide bonds. The molecule has 0 aliphatic carbocycles. The normalized spacial score (nSPS) is 0.667. The maximum Gasteiger partial charge on any atom is 2.00 e. The number of hydrogen-bond acceptors (Lipinski definition) is 1. The molecule has 0 aliphatic heterocycles. The summed E-state index contributed by atoms with van der Waals surface area (Å²) in [6.45, 7) is 3.25. The zero-order chi connectivity index (χ0) is 2.00. The SMILES string of the molecule is [CH-]=O.[CH3-].[CH3-].[V+2].[V]. The van der Waals surface area contributed by atoms with Gasteiger partial charge in [-0.15, -0.1) is 0 Å². The van der Waals surface area contributed by atoms with Gasteiger partial charge in [0, 0.05) is 18.6 Å². The fraction of sp³-hybridized carbons (Fsp3) is 0. The van der Waals surface area contributed by atoms with Crippen LogP contribution in [0.2, 0.25) is 0 Å². The van der Waals surface area contributed by atoms with E-state index in [1.54, 1.807) is 0 Å². The Morgan fingerprint density at radius 2 is 1.00 bits per heavy atom. The molecule has 6 heavy (non-hydrogen) atoms. The average Bonchev–Trinajstić information content (AvgIpc) is 1.00. The number of rotatable bonds is 0. The Labute approximate surface area is 63.7 Å². The zero-order valence-electron chi connectivity index (χ0n) is 3.88. The summed E-state index contributed by atoms with van der Waals surface area (Å²) in [6.07, 6.45) is 0. The van der Waals surface area contributed by atoms with E-state index < -0.39 is 0 Å². The van der Waals surface area contributed by atoms with E-state index in [0.717, 1.165) is 0 Å². The monoisotopic (exact) mass is 161 g/mol. The van der Waals surface area contributed by atoms with Crippen molar-refractivity contribution < 1.29 is 41.9 Å². The molecule has 0 fully saturated rings. The number of hydrogen-bond donors (Lipinski definition) is 0. The van der Waals surface area contributed by atoms with Crippen LogP contribution in [-0.2, 0) is 41.9 Å². The predicted molar refractivity (Wildman–Crippen MR) is 19.6 cm³/mol. The molecule has 0 spiro atoms. The van der Waals surface area contributed by atoms with E-state index in [9.17, 15) is 0 Å². The van der Waals surface area contributed by atoms with Crippen molar-refractivity contribution in [2.24, 2.45) is 0 Å². The summed E-state index contributed by atoms with van der Waals surface area (Å²) in [5.74, 6) is 0. The van der Waals surface area contributed by atoms with Crippen LogP contribution < -0.4 is 0 Å². The summed E-state index contributed by atoms with van der Waals surface area (Å²) in [7, 11) is 0. The van der Waals surface area contributed by atoms with Gasteiger partial charge in [-0.25, -0.2) is 0 Å². The van der Waals surface area contributed by atoms with Gasteiger partial charge < -0.3 is 19.6 Å². The first-order valence-corrected chi connectivity index (χ1v) is 0.236. The van der Waals surface area contributed by atoms with Crippen LogP contribution in [0.15, 0.2) is 0 Å². The molecule has 2 radical (unpaired) electrons. The van der Waals surface area contributed by atoms with Crippen molar-refractivity contribution in [2.45, 2.75) is 0 Å². The van der Waals surface area contributed by atoms with Crippen molar-refractivity contribution in [3.8, 4) is 0 Å². The van der Waals surface area contributed by atoms with Gasteiger partial charge >= 0.3 is 18.6 Å². The second-order valence-corrected chi connectivity index (χ2v) is 0. The van der Waals surface area contributed by atoms with Gasteiger partial charge in [-0.2, -0.15) is 0 Å². The molecule has 1 nitrogen and oxygen atoms in total. The van der Waals surface area contributed by atoms with Crippen molar-refractivity contribution in [2.75, 3.05) is 0 Å². The minimum atomic E-state index is 0. The third-order valence-corrected chi connectivity index (χ3v) is 0. The Hall–Kier alpha value is 0.839. The van der Waals surface area contributed by atoms with Gasteiger partial charge in [-0.3, -0.25) is 6.79 Å². The van der Waals surface area contributed by atoms with E-state index in [4.69, 9.17) is 4.79 Å². The molecular weight excluding hydrogens is 154 g/mol. The summed E-state index contributed by atoms with van der Waals surface area (Å²) in [5, 5.41) is 0. The molecule has 0 aromatic carbocycles. The quantitative estimate of drug-likeness (QED) is 0.376. The molecule has 36 valence electrons. The van der Waals surface area contributed by atoms with Gasteiger partial charge in [-0.1, -0.05) is 0 Å². The predicted octanol–water partition coefficient (Wildman–Crippen LogP) is 0.621. The average molecular weight is 161 g/mol. The second kappa shape index (κ2) is 194. The minimum absolute atomic E-state index is 0. The molecule has 0 aliphatic rings. The molecule has 0 aromatic heterocycles. The summed E-state index contributed by atoms with van der Waals surface area (Å²) >= 11 is 0. The molecule has 0 aromatic rings. The first kappa shape index (κ1) is 69.0. The van der Waals surface area contributed by atoms with E-state index >= 15 is 0 Å². The Morgan fingerprint density at radius 3 is 1.00 bits per heavy atom. The molecular formula is C3H7OV2-. The van der Waals surface area contributed by atoms with Crippen molar-refractivity contribution in [1.29, 1.82) is 0 Å². The molecule has 0 unspecified atom stereocenters. The van der Waals surface area contributed by atoms with Crippen LogP contribution in [0, 0.1) is 14.9 Å². The summed E-state index contributed by atoms with van der Waals surface area (Å²) in [4.78, 5) is 7.75. The number of carbonyl (C=O) groups excluding carboxylic acids is 1. The van der Waals surface area contributed by atoms with E-state index in [1.807, 2.05) is 0 Å². The van der Waals surface area contributed by atoms with Crippen LogP contribution in [0.3, 0.4) is 0 Å². The summed E-state index contributed by atoms with van der Waals surface area (Å²) < 4.78 is 0. The Kier molecular flexibility index (Phi) is 2230. The second-order valence-electron chi connectivity index (χ2n) is 0. The van der Waals surface area contributed by atoms with Gasteiger partial charge in [0.1, 0.15) is 0 Å². The van der Waals surface area contributed by atoms with Gasteiger partial charge in [-0.05, 0) is 0 Å². The van der Waals surface area contributed by atoms with Crippen molar-refractivity contribution in [3.63, 3.8) is 0 Å². The van der Waals surface area contributed by atoms with Crippen LogP contribution in [0.5, 0.6) is 0 Å². The van der Waals surface area contributed by atoms with E-state index in [2.05, 4.69) is 6.79 Å². The van der Waals surface area contributed by atoms with Crippen LogP contribution in [-0.4, -0.2) is 6.79 Å². The van der Waals surface area contributed by atoms with Crippen molar-refractivity contribution in [1.82, 2.24) is 0 Å². The Balaban J connectivity index is -0.000000000833. The van der Waals surface area contributed by atoms with Crippen LogP contribution in [0.4, 0.5) is 0 Å². The Morgan fingerprint density at radius 1 is 1.00 bits per heavy atom. The van der Waals surface area contributed by atoms with E-state index in [0.29, 0.717) is 0 Å². The summed E-state index contributed by atoms with van der Waals surface area (Å²) in [5.41, 5.74) is 0. The molecule has 0 rings (SSSR count). The molecule has 0 saturated carbocycles. The minimum Gasteiger partial charge on any atom is -0.545 e. The Bertz CT molecular complexity index is 8.75. The van der Waals surface area contributed by atoms with Gasteiger partial charge in [0.05, 0.1) is 0 Å². The first-order valence-electron chi connectivity index (χ1n) is 0.236. The summed E-state index contributed by atoms with van der Waals surface area (Å²) in [6, 6.07) is 0. The van der Waals surface area contributed by atoms with Gasteiger partial charge in [0.25, 0.3) is 0 Å². The topological polar surface area (TPSA) is 17.1 Å². The van der Waals surface area contributed by atoms with Crippen LogP contribution >= 0.6 is 0 Å². The van der Waals surface area contributed by atoms with E-state index in [-0.39, 0.29) is 52.0 Å². The third kappa shape index (κ3) is 101. The van der Waals surface area contributed by atoms with Crippen molar-refractivity contribution in [3.05, 3.63) is 14.9 Å². The van der Waals surface area contributed by atoms with Gasteiger partial charge in [0.15, 0.2) is 0 Å². The fourth-order valence-corrected chi connectivity index (χ4v) is 0. The smallest absolute Gasteiger partial charge is 0.545 e. The first-order chi connectivity index (χ1) is 1.00. The maximum atomic E-state index is 7.75. The van der Waals surface area contributed by atoms with Crippen molar-refractivity contribution >= 4 is 6.79 Å². The third-order valence-electron chi connectivity index (χ3n) is 0. The largest absolute Gasteiger partial charge is 2.00 e. The van der Waals surface area contributed by atoms with Crippen LogP contribution in [0.25, 0.3) is 0 Å². The van der Waals surface area contributed by atoms with E-state index in [1.165, 1.54) is 0 Å². The molecule has 0 N–H and O–H groups in total. The molecule has 0 atom stereocenters.